The molecule has 2 fully saturated rings. The van der Waals surface area contributed by atoms with E-state index in [0.29, 0.717) is 6.54 Å². The summed E-state index contributed by atoms with van der Waals surface area (Å²) in [6.07, 6.45) is 5.25. The molecule has 0 radical (unpaired) electrons. The summed E-state index contributed by atoms with van der Waals surface area (Å²) in [4.78, 5) is 5.26. The van der Waals surface area contributed by atoms with Crippen LogP contribution in [0.15, 0.2) is 48.5 Å². The van der Waals surface area contributed by atoms with Crippen LogP contribution in [0.1, 0.15) is 48.7 Å². The van der Waals surface area contributed by atoms with Crippen LogP contribution < -0.4 is 0 Å². The van der Waals surface area contributed by atoms with Crippen molar-refractivity contribution in [3.63, 3.8) is 0 Å². The van der Waals surface area contributed by atoms with Crippen molar-refractivity contribution in [1.29, 1.82) is 0 Å². The molecule has 3 heterocycles. The molecule has 9 heteroatoms. The van der Waals surface area contributed by atoms with Gasteiger partial charge in [0.1, 0.15) is 11.0 Å². The molecule has 1 saturated heterocycles. The molecule has 6 rings (SSSR count). The molecular weight excluding hydrogens is 432 g/mol. The van der Waals surface area contributed by atoms with E-state index < -0.39 is 0 Å². The van der Waals surface area contributed by atoms with Gasteiger partial charge in [-0.1, -0.05) is 42.8 Å². The molecule has 170 valence electrons. The molecule has 2 aromatic carbocycles. The second kappa shape index (κ2) is 9.24. The molecule has 1 aliphatic heterocycles. The number of aromatic nitrogens is 6. The van der Waals surface area contributed by atoms with Crippen molar-refractivity contribution in [1.82, 2.24) is 38.8 Å². The summed E-state index contributed by atoms with van der Waals surface area (Å²) in [5.74, 6) is 0.887. The van der Waals surface area contributed by atoms with E-state index in [9.17, 15) is 0 Å². The Morgan fingerprint density at radius 1 is 0.909 bits per heavy atom. The van der Waals surface area contributed by atoms with Gasteiger partial charge in [0.05, 0.1) is 24.3 Å². The van der Waals surface area contributed by atoms with E-state index in [1.54, 1.807) is 0 Å². The highest BCUT2D eigenvalue weighted by Crippen LogP contribution is 2.32. The predicted octanol–water partition coefficient (Wildman–Crippen LogP) is 3.38. The summed E-state index contributed by atoms with van der Waals surface area (Å²) in [6, 6.07) is 17.6. The molecule has 0 bridgehead atoms. The van der Waals surface area contributed by atoms with Crippen LogP contribution in [-0.4, -0.2) is 71.0 Å². The third kappa shape index (κ3) is 4.28. The van der Waals surface area contributed by atoms with Crippen molar-refractivity contribution in [2.75, 3.05) is 26.2 Å². The Labute approximate surface area is 197 Å². The Kier molecular flexibility index (Phi) is 5.83. The third-order valence-electron chi connectivity index (χ3n) is 7.09. The van der Waals surface area contributed by atoms with Crippen molar-refractivity contribution >= 4 is 22.8 Å². The van der Waals surface area contributed by atoms with Crippen LogP contribution in [-0.2, 0) is 6.54 Å². The van der Waals surface area contributed by atoms with Crippen molar-refractivity contribution in [2.24, 2.45) is 0 Å². The van der Waals surface area contributed by atoms with Crippen molar-refractivity contribution < 1.29 is 0 Å². The fourth-order valence-electron chi connectivity index (χ4n) is 5.10. The second-order valence-corrected chi connectivity index (χ2v) is 9.63. The topological polar surface area (TPSA) is 75.9 Å². The highest BCUT2D eigenvalue weighted by molar-refractivity contribution is 7.00. The second-order valence-electron chi connectivity index (χ2n) is 9.11. The Hall–Kier alpha value is -2.75. The van der Waals surface area contributed by atoms with Crippen LogP contribution in [0.4, 0.5) is 0 Å². The lowest BCUT2D eigenvalue weighted by atomic mass is 9.91. The van der Waals surface area contributed by atoms with Crippen LogP contribution in [0.3, 0.4) is 0 Å². The van der Waals surface area contributed by atoms with Crippen LogP contribution >= 0.6 is 11.7 Å². The summed E-state index contributed by atoms with van der Waals surface area (Å²) in [6.45, 7) is 4.97. The molecule has 33 heavy (non-hydrogen) atoms. The molecule has 1 saturated carbocycles. The molecule has 8 nitrogen and oxygen atoms in total. The van der Waals surface area contributed by atoms with E-state index in [1.165, 1.54) is 48.7 Å². The van der Waals surface area contributed by atoms with Gasteiger partial charge < -0.3 is 0 Å². The maximum absolute atomic E-state index is 4.56. The van der Waals surface area contributed by atoms with Gasteiger partial charge in [-0.2, -0.15) is 8.75 Å². The third-order valence-corrected chi connectivity index (χ3v) is 7.65. The van der Waals surface area contributed by atoms with Crippen LogP contribution in [0.25, 0.3) is 11.0 Å². The van der Waals surface area contributed by atoms with Gasteiger partial charge in [0, 0.05) is 25.7 Å². The number of rotatable bonds is 6. The molecule has 0 spiro atoms. The minimum absolute atomic E-state index is 0.0175. The smallest absolute Gasteiger partial charge is 0.173 e. The maximum atomic E-state index is 4.56. The number of hydrogen-bond donors (Lipinski definition) is 0. The fraction of sp³-hybridized carbons (Fsp3) is 0.458. The average molecular weight is 461 g/mol. The summed E-state index contributed by atoms with van der Waals surface area (Å²) in [5.41, 5.74) is 4.25. The van der Waals surface area contributed by atoms with E-state index in [2.05, 4.69) is 76.5 Å². The van der Waals surface area contributed by atoms with Crippen LogP contribution in [0, 0.1) is 0 Å². The Morgan fingerprint density at radius 2 is 1.79 bits per heavy atom. The molecule has 4 aromatic rings. The van der Waals surface area contributed by atoms with Gasteiger partial charge in [-0.05, 0) is 59.5 Å². The molecule has 2 aromatic heterocycles. The van der Waals surface area contributed by atoms with Gasteiger partial charge in [-0.15, -0.1) is 5.10 Å². The summed E-state index contributed by atoms with van der Waals surface area (Å²) >= 11 is 1.26. The molecule has 0 N–H and O–H groups in total. The zero-order valence-electron chi connectivity index (χ0n) is 18.6. The standard InChI is InChI=1S/C24H28N8S/c1-2-6-18(7-3-1)17-32-24(25-28-29-32)23(19-10-11-21-22(16-19)27-33-26-21)31-13-5-12-30(14-15-31)20-8-4-9-20/h1-3,6-7,10-11,16,20,23H,4-5,8-9,12-15,17H2. The first-order chi connectivity index (χ1) is 16.3. The average Bonchev–Trinajstić information content (AvgIpc) is 3.39. The highest BCUT2D eigenvalue weighted by atomic mass is 32.1. The molecule has 1 atom stereocenters. The number of fused-ring (bicyclic) bond motifs is 1. The van der Waals surface area contributed by atoms with E-state index in [1.807, 2.05) is 10.7 Å². The first kappa shape index (κ1) is 20.8. The summed E-state index contributed by atoms with van der Waals surface area (Å²) < 4.78 is 10.8. The predicted molar refractivity (Wildman–Crippen MR) is 128 cm³/mol. The lowest BCUT2D eigenvalue weighted by Gasteiger charge is -2.37. The minimum atomic E-state index is -0.0175. The zero-order valence-corrected chi connectivity index (χ0v) is 19.4. The Balaban J connectivity index is 1.35. The van der Waals surface area contributed by atoms with E-state index in [-0.39, 0.29) is 6.04 Å². The largest absolute Gasteiger partial charge is 0.299 e. The molecule has 1 aliphatic carbocycles. The van der Waals surface area contributed by atoms with Crippen LogP contribution in [0.2, 0.25) is 0 Å². The van der Waals surface area contributed by atoms with Gasteiger partial charge in [0.2, 0.25) is 0 Å². The summed E-state index contributed by atoms with van der Waals surface area (Å²) in [5, 5.41) is 13.0. The lowest BCUT2D eigenvalue weighted by molar-refractivity contribution is 0.127. The number of benzene rings is 2. The zero-order chi connectivity index (χ0) is 22.0. The SMILES string of the molecule is c1ccc(Cn2nnnc2C(c2ccc3nsnc3c2)N2CCCN(C3CCC3)CC2)cc1. The quantitative estimate of drug-likeness (QED) is 0.437. The van der Waals surface area contributed by atoms with Gasteiger partial charge in [-0.3, -0.25) is 9.80 Å². The number of tetrazole rings is 1. The molecule has 1 unspecified atom stereocenters. The van der Waals surface area contributed by atoms with E-state index in [0.717, 1.165) is 49.0 Å². The van der Waals surface area contributed by atoms with Gasteiger partial charge in [-0.25, -0.2) is 4.68 Å². The number of nitrogens with zero attached hydrogens (tertiary/aromatic N) is 8. The van der Waals surface area contributed by atoms with E-state index >= 15 is 0 Å². The first-order valence-electron chi connectivity index (χ1n) is 11.9. The Morgan fingerprint density at radius 3 is 2.64 bits per heavy atom. The molecule has 2 aliphatic rings. The van der Waals surface area contributed by atoms with Crippen molar-refractivity contribution in [3.05, 3.63) is 65.5 Å². The Bertz CT molecular complexity index is 1200. The fourth-order valence-corrected chi connectivity index (χ4v) is 5.62. The molecule has 0 amide bonds. The van der Waals surface area contributed by atoms with Crippen molar-refractivity contribution in [3.8, 4) is 0 Å². The minimum Gasteiger partial charge on any atom is -0.299 e. The van der Waals surface area contributed by atoms with Gasteiger partial charge >= 0.3 is 0 Å². The number of hydrogen-bond acceptors (Lipinski definition) is 8. The highest BCUT2D eigenvalue weighted by Gasteiger charge is 2.32. The van der Waals surface area contributed by atoms with Gasteiger partial charge in [0.15, 0.2) is 5.82 Å². The summed E-state index contributed by atoms with van der Waals surface area (Å²) in [7, 11) is 0. The van der Waals surface area contributed by atoms with E-state index in [4.69, 9.17) is 0 Å². The monoisotopic (exact) mass is 460 g/mol. The maximum Gasteiger partial charge on any atom is 0.173 e. The van der Waals surface area contributed by atoms with Crippen LogP contribution in [0.5, 0.6) is 0 Å². The van der Waals surface area contributed by atoms with Crippen molar-refractivity contribution in [2.45, 2.75) is 44.3 Å². The van der Waals surface area contributed by atoms with Gasteiger partial charge in [0.25, 0.3) is 0 Å². The first-order valence-corrected chi connectivity index (χ1v) is 12.6. The normalized spacial score (nSPS) is 19.4. The lowest BCUT2D eigenvalue weighted by Crippen LogP contribution is -2.42. The molecular formula is C24H28N8S.